The van der Waals surface area contributed by atoms with Crippen molar-refractivity contribution in [3.63, 3.8) is 0 Å². The van der Waals surface area contributed by atoms with E-state index in [1.165, 1.54) is 19.3 Å². The summed E-state index contributed by atoms with van der Waals surface area (Å²) in [5, 5.41) is 0. The Kier molecular flexibility index (Phi) is 3.97. The van der Waals surface area contributed by atoms with Gasteiger partial charge in [-0.3, -0.25) is 0 Å². The summed E-state index contributed by atoms with van der Waals surface area (Å²) >= 11 is 0. The van der Waals surface area contributed by atoms with Crippen LogP contribution < -0.4 is 5.73 Å². The van der Waals surface area contributed by atoms with Crippen LogP contribution in [0.15, 0.2) is 30.3 Å². The molecule has 88 valence electrons. The minimum Gasteiger partial charge on any atom is -0.377 e. The van der Waals surface area contributed by atoms with Crippen LogP contribution in [0.1, 0.15) is 37.8 Å². The number of benzene rings is 1. The molecule has 1 aromatic carbocycles. The summed E-state index contributed by atoms with van der Waals surface area (Å²) in [6, 6.07) is 10.2. The van der Waals surface area contributed by atoms with Crippen LogP contribution in [0, 0.1) is 5.92 Å². The van der Waals surface area contributed by atoms with Gasteiger partial charge in [0.1, 0.15) is 0 Å². The highest BCUT2D eigenvalue weighted by atomic mass is 16.5. The standard InChI is InChI=1S/C14H21NO/c1-11(16-10-9-12-7-8-12)14(15)13-5-3-2-4-6-13/h2-6,11-12,14H,7-10,15H2,1H3. The van der Waals surface area contributed by atoms with Crippen LogP contribution in [0.5, 0.6) is 0 Å². The van der Waals surface area contributed by atoms with Crippen LogP contribution in [0.3, 0.4) is 0 Å². The Morgan fingerprint density at radius 2 is 2.00 bits per heavy atom. The Bertz CT molecular complexity index is 308. The van der Waals surface area contributed by atoms with Gasteiger partial charge in [0.15, 0.2) is 0 Å². The van der Waals surface area contributed by atoms with Gasteiger partial charge in [-0.25, -0.2) is 0 Å². The Morgan fingerprint density at radius 1 is 1.31 bits per heavy atom. The fourth-order valence-electron chi connectivity index (χ4n) is 1.88. The molecule has 2 rings (SSSR count). The number of hydrogen-bond acceptors (Lipinski definition) is 2. The molecule has 2 atom stereocenters. The molecular formula is C14H21NO. The fourth-order valence-corrected chi connectivity index (χ4v) is 1.88. The predicted octanol–water partition coefficient (Wildman–Crippen LogP) is 2.89. The quantitative estimate of drug-likeness (QED) is 0.798. The average molecular weight is 219 g/mol. The molecule has 2 heteroatoms. The van der Waals surface area contributed by atoms with Crippen molar-refractivity contribution >= 4 is 0 Å². The second kappa shape index (κ2) is 5.46. The van der Waals surface area contributed by atoms with Crippen molar-refractivity contribution in [1.82, 2.24) is 0 Å². The van der Waals surface area contributed by atoms with Gasteiger partial charge in [-0.2, -0.15) is 0 Å². The third-order valence-corrected chi connectivity index (χ3v) is 3.29. The van der Waals surface area contributed by atoms with E-state index in [4.69, 9.17) is 10.5 Å². The minimum atomic E-state index is -0.0135. The third-order valence-electron chi connectivity index (χ3n) is 3.29. The van der Waals surface area contributed by atoms with E-state index in [2.05, 4.69) is 19.1 Å². The monoisotopic (exact) mass is 219 g/mol. The molecule has 0 aromatic heterocycles. The largest absolute Gasteiger partial charge is 0.377 e. The van der Waals surface area contributed by atoms with Crippen molar-refractivity contribution in [3.8, 4) is 0 Å². The molecule has 0 bridgehead atoms. The molecule has 1 aliphatic carbocycles. The first-order chi connectivity index (χ1) is 7.77. The molecule has 2 unspecified atom stereocenters. The first-order valence-corrected chi connectivity index (χ1v) is 6.19. The van der Waals surface area contributed by atoms with Crippen LogP contribution in [-0.2, 0) is 4.74 Å². The van der Waals surface area contributed by atoms with Gasteiger partial charge in [-0.1, -0.05) is 43.2 Å². The lowest BCUT2D eigenvalue weighted by atomic mass is 10.0. The van der Waals surface area contributed by atoms with Crippen molar-refractivity contribution in [2.45, 2.75) is 38.3 Å². The molecular weight excluding hydrogens is 198 g/mol. The zero-order valence-electron chi connectivity index (χ0n) is 9.93. The SMILES string of the molecule is CC(OCCC1CC1)C(N)c1ccccc1. The fraction of sp³-hybridized carbons (Fsp3) is 0.571. The van der Waals surface area contributed by atoms with E-state index >= 15 is 0 Å². The minimum absolute atomic E-state index is 0.0135. The molecule has 0 saturated heterocycles. The summed E-state index contributed by atoms with van der Waals surface area (Å²) in [6.07, 6.45) is 4.08. The van der Waals surface area contributed by atoms with Gasteiger partial charge in [-0.15, -0.1) is 0 Å². The van der Waals surface area contributed by atoms with Gasteiger partial charge in [-0.05, 0) is 24.8 Å². The van der Waals surface area contributed by atoms with Crippen LogP contribution in [0.2, 0.25) is 0 Å². The van der Waals surface area contributed by atoms with Gasteiger partial charge in [0.2, 0.25) is 0 Å². The highest BCUT2D eigenvalue weighted by Crippen LogP contribution is 2.32. The summed E-state index contributed by atoms with van der Waals surface area (Å²) < 4.78 is 5.78. The Balaban J connectivity index is 1.76. The van der Waals surface area contributed by atoms with Crippen LogP contribution in [0.4, 0.5) is 0 Å². The van der Waals surface area contributed by atoms with E-state index < -0.39 is 0 Å². The Labute approximate surface area is 97.8 Å². The first kappa shape index (κ1) is 11.6. The molecule has 1 aromatic rings. The molecule has 16 heavy (non-hydrogen) atoms. The van der Waals surface area contributed by atoms with Crippen LogP contribution >= 0.6 is 0 Å². The van der Waals surface area contributed by atoms with E-state index in [0.29, 0.717) is 0 Å². The van der Waals surface area contributed by atoms with Crippen molar-refractivity contribution in [2.24, 2.45) is 11.7 Å². The molecule has 0 heterocycles. The number of nitrogens with two attached hydrogens (primary N) is 1. The van der Waals surface area contributed by atoms with Crippen molar-refractivity contribution in [1.29, 1.82) is 0 Å². The summed E-state index contributed by atoms with van der Waals surface area (Å²) in [5.41, 5.74) is 7.30. The maximum atomic E-state index is 6.15. The normalized spacial score (nSPS) is 19.4. The smallest absolute Gasteiger partial charge is 0.0739 e. The lowest BCUT2D eigenvalue weighted by molar-refractivity contribution is 0.0443. The lowest BCUT2D eigenvalue weighted by Crippen LogP contribution is -2.26. The Morgan fingerprint density at radius 3 is 2.62 bits per heavy atom. The average Bonchev–Trinajstić information content (AvgIpc) is 3.13. The molecule has 0 spiro atoms. The molecule has 1 fully saturated rings. The molecule has 2 N–H and O–H groups in total. The highest BCUT2D eigenvalue weighted by Gasteiger charge is 2.22. The predicted molar refractivity (Wildman–Crippen MR) is 66.1 cm³/mol. The molecule has 1 aliphatic rings. The maximum Gasteiger partial charge on any atom is 0.0739 e. The summed E-state index contributed by atoms with van der Waals surface area (Å²) in [4.78, 5) is 0. The van der Waals surface area contributed by atoms with E-state index in [0.717, 1.165) is 18.1 Å². The lowest BCUT2D eigenvalue weighted by Gasteiger charge is -2.20. The number of ether oxygens (including phenoxy) is 1. The second-order valence-corrected chi connectivity index (χ2v) is 4.74. The van der Waals surface area contributed by atoms with Crippen LogP contribution in [0.25, 0.3) is 0 Å². The third kappa shape index (κ3) is 3.32. The molecule has 1 saturated carbocycles. The zero-order valence-corrected chi connectivity index (χ0v) is 9.93. The molecule has 0 amide bonds. The van der Waals surface area contributed by atoms with Crippen molar-refractivity contribution in [2.75, 3.05) is 6.61 Å². The van der Waals surface area contributed by atoms with Gasteiger partial charge in [0, 0.05) is 6.61 Å². The highest BCUT2D eigenvalue weighted by molar-refractivity contribution is 5.19. The van der Waals surface area contributed by atoms with Gasteiger partial charge in [0.25, 0.3) is 0 Å². The Hall–Kier alpha value is -0.860. The number of rotatable bonds is 6. The van der Waals surface area contributed by atoms with Crippen molar-refractivity contribution < 1.29 is 4.74 Å². The molecule has 0 radical (unpaired) electrons. The van der Waals surface area contributed by atoms with Crippen LogP contribution in [-0.4, -0.2) is 12.7 Å². The summed E-state index contributed by atoms with van der Waals surface area (Å²) in [6.45, 7) is 2.91. The van der Waals surface area contributed by atoms with Crippen molar-refractivity contribution in [3.05, 3.63) is 35.9 Å². The maximum absolute atomic E-state index is 6.15. The number of hydrogen-bond donors (Lipinski definition) is 1. The van der Waals surface area contributed by atoms with E-state index in [9.17, 15) is 0 Å². The molecule has 2 nitrogen and oxygen atoms in total. The molecule has 0 aliphatic heterocycles. The summed E-state index contributed by atoms with van der Waals surface area (Å²) in [5.74, 6) is 0.931. The zero-order chi connectivity index (χ0) is 11.4. The van der Waals surface area contributed by atoms with Gasteiger partial charge >= 0.3 is 0 Å². The summed E-state index contributed by atoms with van der Waals surface area (Å²) in [7, 11) is 0. The van der Waals surface area contributed by atoms with Gasteiger partial charge < -0.3 is 10.5 Å². The second-order valence-electron chi connectivity index (χ2n) is 4.74. The first-order valence-electron chi connectivity index (χ1n) is 6.19. The van der Waals surface area contributed by atoms with E-state index in [1.54, 1.807) is 0 Å². The topological polar surface area (TPSA) is 35.2 Å². The van der Waals surface area contributed by atoms with Gasteiger partial charge in [0.05, 0.1) is 12.1 Å². The van der Waals surface area contributed by atoms with E-state index in [1.807, 2.05) is 18.2 Å². The van der Waals surface area contributed by atoms with E-state index in [-0.39, 0.29) is 12.1 Å².